The summed E-state index contributed by atoms with van der Waals surface area (Å²) in [7, 11) is 4.78. The number of likely N-dealkylation sites (N-methyl/N-ethyl adjacent to an activating group) is 1. The molecule has 0 aromatic heterocycles. The van der Waals surface area contributed by atoms with E-state index in [4.69, 9.17) is 14.2 Å². The summed E-state index contributed by atoms with van der Waals surface area (Å²) >= 11 is 0. The minimum atomic E-state index is -0.198. The fraction of sp³-hybridized carbons (Fsp3) is 0.409. The van der Waals surface area contributed by atoms with Gasteiger partial charge in [0.15, 0.2) is 0 Å². The second-order valence-corrected chi connectivity index (χ2v) is 6.29. The van der Waals surface area contributed by atoms with Crippen molar-refractivity contribution in [2.75, 3.05) is 41.0 Å². The van der Waals surface area contributed by atoms with Gasteiger partial charge in [-0.15, -0.1) is 0 Å². The van der Waals surface area contributed by atoms with Gasteiger partial charge in [-0.3, -0.25) is 9.69 Å². The molecule has 1 unspecified atom stereocenters. The highest BCUT2D eigenvalue weighted by Crippen LogP contribution is 2.26. The number of hydrogen-bond donors (Lipinski definition) is 1. The van der Waals surface area contributed by atoms with E-state index in [1.807, 2.05) is 18.2 Å². The lowest BCUT2D eigenvalue weighted by atomic mass is 10.0. The zero-order valence-electron chi connectivity index (χ0n) is 17.3. The summed E-state index contributed by atoms with van der Waals surface area (Å²) in [6.45, 7) is 6.44. The third kappa shape index (κ3) is 5.16. The van der Waals surface area contributed by atoms with E-state index in [-0.39, 0.29) is 11.9 Å². The van der Waals surface area contributed by atoms with Gasteiger partial charge in [0.05, 0.1) is 32.9 Å². The van der Waals surface area contributed by atoms with Crippen molar-refractivity contribution in [3.05, 3.63) is 53.6 Å². The van der Waals surface area contributed by atoms with Crippen LogP contribution in [0.15, 0.2) is 42.5 Å². The molecular formula is C22H30N2O4. The average molecular weight is 386 g/mol. The first kappa shape index (κ1) is 21.6. The van der Waals surface area contributed by atoms with Gasteiger partial charge in [0.25, 0.3) is 5.91 Å². The minimum absolute atomic E-state index is 0.0330. The number of benzene rings is 2. The SMILES string of the molecule is CCN(CC)C(CNC(=O)c1cc(OC)ccc1OC)c1cccc(OC)c1. The molecule has 6 heteroatoms. The monoisotopic (exact) mass is 386 g/mol. The summed E-state index contributed by atoms with van der Waals surface area (Å²) in [5.41, 5.74) is 1.55. The van der Waals surface area contributed by atoms with E-state index in [1.165, 1.54) is 0 Å². The Morgan fingerprint density at radius 3 is 2.25 bits per heavy atom. The molecule has 1 N–H and O–H groups in total. The lowest BCUT2D eigenvalue weighted by Gasteiger charge is -2.30. The number of carbonyl (C=O) groups is 1. The molecular weight excluding hydrogens is 356 g/mol. The van der Waals surface area contributed by atoms with Crippen LogP contribution in [-0.4, -0.2) is 51.8 Å². The number of rotatable bonds is 10. The Labute approximate surface area is 167 Å². The Morgan fingerprint density at radius 2 is 1.64 bits per heavy atom. The van der Waals surface area contributed by atoms with E-state index < -0.39 is 0 Å². The second-order valence-electron chi connectivity index (χ2n) is 6.29. The molecule has 6 nitrogen and oxygen atoms in total. The van der Waals surface area contributed by atoms with Crippen molar-refractivity contribution in [2.24, 2.45) is 0 Å². The van der Waals surface area contributed by atoms with Crippen molar-refractivity contribution in [3.63, 3.8) is 0 Å². The summed E-state index contributed by atoms with van der Waals surface area (Å²) < 4.78 is 15.9. The van der Waals surface area contributed by atoms with Crippen molar-refractivity contribution < 1.29 is 19.0 Å². The standard InChI is InChI=1S/C22H30N2O4/c1-6-24(7-2)20(16-9-8-10-17(13-16)26-3)15-23-22(25)19-14-18(27-4)11-12-21(19)28-5/h8-14,20H,6-7,15H2,1-5H3,(H,23,25). The fourth-order valence-electron chi connectivity index (χ4n) is 3.25. The van der Waals surface area contributed by atoms with E-state index in [1.54, 1.807) is 39.5 Å². The highest BCUT2D eigenvalue weighted by Gasteiger charge is 2.21. The summed E-state index contributed by atoms with van der Waals surface area (Å²) in [5, 5.41) is 3.05. The normalized spacial score (nSPS) is 11.8. The molecule has 0 radical (unpaired) electrons. The van der Waals surface area contributed by atoms with Crippen molar-refractivity contribution in [1.82, 2.24) is 10.2 Å². The van der Waals surface area contributed by atoms with E-state index in [9.17, 15) is 4.79 Å². The van der Waals surface area contributed by atoms with Gasteiger partial charge in [0.2, 0.25) is 0 Å². The van der Waals surface area contributed by atoms with Crippen LogP contribution in [-0.2, 0) is 0 Å². The summed E-state index contributed by atoms with van der Waals surface area (Å²) in [5.74, 6) is 1.73. The first-order chi connectivity index (χ1) is 13.6. The summed E-state index contributed by atoms with van der Waals surface area (Å²) in [6, 6.07) is 13.2. The Balaban J connectivity index is 2.24. The van der Waals surface area contributed by atoms with Crippen LogP contribution in [0.4, 0.5) is 0 Å². The first-order valence-corrected chi connectivity index (χ1v) is 9.46. The summed E-state index contributed by atoms with van der Waals surface area (Å²) in [4.78, 5) is 15.2. The average Bonchev–Trinajstić information content (AvgIpc) is 2.75. The topological polar surface area (TPSA) is 60.0 Å². The van der Waals surface area contributed by atoms with Gasteiger partial charge in [-0.1, -0.05) is 26.0 Å². The molecule has 0 aliphatic carbocycles. The van der Waals surface area contributed by atoms with Crippen LogP contribution in [0.25, 0.3) is 0 Å². The molecule has 0 aliphatic rings. The van der Waals surface area contributed by atoms with E-state index in [2.05, 4.69) is 30.1 Å². The Bertz CT molecular complexity index is 775. The number of amides is 1. The summed E-state index contributed by atoms with van der Waals surface area (Å²) in [6.07, 6.45) is 0. The second kappa shape index (κ2) is 10.6. The molecule has 0 saturated carbocycles. The van der Waals surface area contributed by atoms with Crippen LogP contribution in [0.3, 0.4) is 0 Å². The van der Waals surface area contributed by atoms with Crippen LogP contribution >= 0.6 is 0 Å². The van der Waals surface area contributed by atoms with Crippen LogP contribution in [0.2, 0.25) is 0 Å². The van der Waals surface area contributed by atoms with Crippen LogP contribution < -0.4 is 19.5 Å². The molecule has 28 heavy (non-hydrogen) atoms. The lowest BCUT2D eigenvalue weighted by molar-refractivity contribution is 0.0931. The van der Waals surface area contributed by atoms with Crippen molar-refractivity contribution in [3.8, 4) is 17.2 Å². The number of nitrogens with zero attached hydrogens (tertiary/aromatic N) is 1. The number of hydrogen-bond acceptors (Lipinski definition) is 5. The highest BCUT2D eigenvalue weighted by atomic mass is 16.5. The molecule has 0 aliphatic heterocycles. The van der Waals surface area contributed by atoms with Gasteiger partial charge in [-0.25, -0.2) is 0 Å². The number of carbonyl (C=O) groups excluding carboxylic acids is 1. The smallest absolute Gasteiger partial charge is 0.255 e. The third-order valence-electron chi connectivity index (χ3n) is 4.84. The van der Waals surface area contributed by atoms with Crippen LogP contribution in [0, 0.1) is 0 Å². The molecule has 2 aromatic carbocycles. The molecule has 0 spiro atoms. The number of ether oxygens (including phenoxy) is 3. The van der Waals surface area contributed by atoms with E-state index in [0.29, 0.717) is 23.6 Å². The van der Waals surface area contributed by atoms with Gasteiger partial charge in [-0.2, -0.15) is 0 Å². The first-order valence-electron chi connectivity index (χ1n) is 9.46. The van der Waals surface area contributed by atoms with Crippen LogP contribution in [0.1, 0.15) is 35.8 Å². The lowest BCUT2D eigenvalue weighted by Crippen LogP contribution is -2.38. The molecule has 0 heterocycles. The van der Waals surface area contributed by atoms with Crippen molar-refractivity contribution >= 4 is 5.91 Å². The van der Waals surface area contributed by atoms with Gasteiger partial charge < -0.3 is 19.5 Å². The highest BCUT2D eigenvalue weighted by molar-refractivity contribution is 5.97. The Hall–Kier alpha value is -2.73. The maximum atomic E-state index is 12.9. The molecule has 0 saturated heterocycles. The maximum absolute atomic E-state index is 12.9. The van der Waals surface area contributed by atoms with E-state index >= 15 is 0 Å². The Morgan fingerprint density at radius 1 is 0.964 bits per heavy atom. The van der Waals surface area contributed by atoms with E-state index in [0.717, 1.165) is 24.4 Å². The fourth-order valence-corrected chi connectivity index (χ4v) is 3.25. The molecule has 1 amide bonds. The molecule has 152 valence electrons. The zero-order valence-corrected chi connectivity index (χ0v) is 17.3. The third-order valence-corrected chi connectivity index (χ3v) is 4.84. The Kier molecular flexibility index (Phi) is 8.14. The predicted octanol–water partition coefficient (Wildman–Crippen LogP) is 3.53. The van der Waals surface area contributed by atoms with Gasteiger partial charge in [0.1, 0.15) is 17.2 Å². The molecule has 2 aromatic rings. The van der Waals surface area contributed by atoms with Crippen LogP contribution in [0.5, 0.6) is 17.2 Å². The molecule has 0 bridgehead atoms. The minimum Gasteiger partial charge on any atom is -0.497 e. The maximum Gasteiger partial charge on any atom is 0.255 e. The molecule has 2 rings (SSSR count). The number of nitrogens with one attached hydrogen (secondary N) is 1. The predicted molar refractivity (Wildman–Crippen MR) is 111 cm³/mol. The largest absolute Gasteiger partial charge is 0.497 e. The van der Waals surface area contributed by atoms with Gasteiger partial charge in [0, 0.05) is 6.54 Å². The van der Waals surface area contributed by atoms with Crippen molar-refractivity contribution in [2.45, 2.75) is 19.9 Å². The van der Waals surface area contributed by atoms with Gasteiger partial charge in [-0.05, 0) is 49.0 Å². The quantitative estimate of drug-likeness (QED) is 0.677. The molecule has 1 atom stereocenters. The van der Waals surface area contributed by atoms with Crippen molar-refractivity contribution in [1.29, 1.82) is 0 Å². The van der Waals surface area contributed by atoms with Gasteiger partial charge >= 0.3 is 0 Å². The number of methoxy groups -OCH3 is 3. The zero-order chi connectivity index (χ0) is 20.5. The molecule has 0 fully saturated rings.